The van der Waals surface area contributed by atoms with Gasteiger partial charge in [-0.05, 0) is 30.2 Å². The lowest BCUT2D eigenvalue weighted by Gasteiger charge is -2.16. The van der Waals surface area contributed by atoms with Gasteiger partial charge in [0.1, 0.15) is 5.25 Å². The topological polar surface area (TPSA) is 66.9 Å². The summed E-state index contributed by atoms with van der Waals surface area (Å²) in [5.41, 5.74) is 2.53. The zero-order chi connectivity index (χ0) is 18.5. The lowest BCUT2D eigenvalue weighted by atomic mass is 10.1. The Kier molecular flexibility index (Phi) is 6.13. The van der Waals surface area contributed by atoms with Crippen LogP contribution in [0, 0.1) is 6.92 Å². The molecule has 1 aromatic heterocycles. The summed E-state index contributed by atoms with van der Waals surface area (Å²) in [5.74, 6) is -0.137. The van der Waals surface area contributed by atoms with Gasteiger partial charge < -0.3 is 10.6 Å². The van der Waals surface area contributed by atoms with Crippen LogP contribution in [0.5, 0.6) is 0 Å². The van der Waals surface area contributed by atoms with E-state index in [1.54, 1.807) is 13.1 Å². The minimum absolute atomic E-state index is 0.137. The van der Waals surface area contributed by atoms with Crippen LogP contribution in [-0.4, -0.2) is 23.2 Å². The van der Waals surface area contributed by atoms with E-state index in [2.05, 4.69) is 20.8 Å². The maximum atomic E-state index is 13.0. The van der Waals surface area contributed by atoms with E-state index in [1.165, 1.54) is 23.1 Å². The molecular weight excluding hydrogens is 388 g/mol. The second kappa shape index (κ2) is 8.53. The third-order valence-electron chi connectivity index (χ3n) is 3.62. The molecular formula is C18H17ClN4OS2. The third kappa shape index (κ3) is 4.55. The highest BCUT2D eigenvalue weighted by Crippen LogP contribution is 2.38. The molecule has 2 aromatic carbocycles. The maximum Gasteiger partial charge on any atom is 0.242 e. The quantitative estimate of drug-likeness (QED) is 0.565. The minimum atomic E-state index is -0.450. The largest absolute Gasteiger partial charge is 0.363 e. The number of amides is 1. The Morgan fingerprint density at radius 1 is 1.19 bits per heavy atom. The number of thioether (sulfide) groups is 1. The van der Waals surface area contributed by atoms with Crippen molar-refractivity contribution in [3.8, 4) is 0 Å². The molecule has 3 aromatic rings. The Bertz CT molecular complexity index is 901. The summed E-state index contributed by atoms with van der Waals surface area (Å²) in [6, 6.07) is 15.1. The van der Waals surface area contributed by atoms with Crippen LogP contribution in [0.25, 0.3) is 0 Å². The lowest BCUT2D eigenvalue weighted by molar-refractivity contribution is -0.115. The number of nitrogens with one attached hydrogen (secondary N) is 2. The van der Waals surface area contributed by atoms with Crippen LogP contribution in [0.1, 0.15) is 16.4 Å². The van der Waals surface area contributed by atoms with Crippen LogP contribution in [-0.2, 0) is 4.79 Å². The Labute approximate surface area is 165 Å². The summed E-state index contributed by atoms with van der Waals surface area (Å²) in [6.45, 7) is 1.92. The summed E-state index contributed by atoms with van der Waals surface area (Å²) in [5, 5.41) is 15.0. The highest BCUT2D eigenvalue weighted by atomic mass is 35.5. The summed E-state index contributed by atoms with van der Waals surface area (Å²) in [6.07, 6.45) is 0. The monoisotopic (exact) mass is 404 g/mol. The van der Waals surface area contributed by atoms with Crippen LogP contribution in [0.4, 0.5) is 10.8 Å². The Morgan fingerprint density at radius 2 is 1.96 bits per heavy atom. The number of benzene rings is 2. The molecule has 0 aliphatic heterocycles. The third-order valence-corrected chi connectivity index (χ3v) is 6.31. The maximum absolute atomic E-state index is 13.0. The molecule has 1 atom stereocenters. The predicted molar refractivity (Wildman–Crippen MR) is 109 cm³/mol. The molecule has 26 heavy (non-hydrogen) atoms. The molecule has 134 valence electrons. The highest BCUT2D eigenvalue weighted by Gasteiger charge is 2.24. The first kappa shape index (κ1) is 18.7. The molecule has 0 fully saturated rings. The first-order valence-electron chi connectivity index (χ1n) is 7.86. The standard InChI is InChI=1S/C18H17ClN4OS2/c1-11-8-9-13(10-14(11)19)21-16(24)15(12-6-4-3-5-7-12)25-18-23-22-17(20-2)26-18/h3-10,15H,1-2H3,(H,20,22)(H,21,24)/t15-/m0/s1. The van der Waals surface area contributed by atoms with Crippen molar-refractivity contribution in [2.45, 2.75) is 16.5 Å². The van der Waals surface area contributed by atoms with Gasteiger partial charge in [-0.25, -0.2) is 0 Å². The van der Waals surface area contributed by atoms with Gasteiger partial charge in [-0.1, -0.05) is 71.1 Å². The molecule has 0 saturated heterocycles. The van der Waals surface area contributed by atoms with E-state index in [-0.39, 0.29) is 5.91 Å². The molecule has 0 radical (unpaired) electrons. The van der Waals surface area contributed by atoms with Crippen molar-refractivity contribution < 1.29 is 4.79 Å². The molecule has 1 heterocycles. The van der Waals surface area contributed by atoms with Gasteiger partial charge in [-0.15, -0.1) is 10.2 Å². The normalized spacial score (nSPS) is 11.8. The van der Waals surface area contributed by atoms with E-state index in [0.29, 0.717) is 15.8 Å². The fraction of sp³-hybridized carbons (Fsp3) is 0.167. The molecule has 0 aliphatic rings. The molecule has 0 unspecified atom stereocenters. The van der Waals surface area contributed by atoms with Gasteiger partial charge in [0.2, 0.25) is 11.0 Å². The average Bonchev–Trinajstić information content (AvgIpc) is 3.11. The molecule has 5 nitrogen and oxygen atoms in total. The predicted octanol–water partition coefficient (Wildman–Crippen LogP) is 5.01. The van der Waals surface area contributed by atoms with Crippen LogP contribution < -0.4 is 10.6 Å². The summed E-state index contributed by atoms with van der Waals surface area (Å²) in [7, 11) is 1.79. The molecule has 0 aliphatic carbocycles. The molecule has 8 heteroatoms. The minimum Gasteiger partial charge on any atom is -0.363 e. The fourth-order valence-corrected chi connectivity index (χ4v) is 4.32. The second-order valence-electron chi connectivity index (χ2n) is 5.48. The number of anilines is 2. The van der Waals surface area contributed by atoms with E-state index >= 15 is 0 Å². The number of rotatable bonds is 6. The number of halogens is 1. The highest BCUT2D eigenvalue weighted by molar-refractivity contribution is 8.02. The number of carbonyl (C=O) groups excluding carboxylic acids is 1. The second-order valence-corrected chi connectivity index (χ2v) is 8.22. The Morgan fingerprint density at radius 3 is 2.62 bits per heavy atom. The van der Waals surface area contributed by atoms with E-state index < -0.39 is 5.25 Å². The summed E-state index contributed by atoms with van der Waals surface area (Å²) in [4.78, 5) is 13.0. The number of aromatic nitrogens is 2. The van der Waals surface area contributed by atoms with Crippen molar-refractivity contribution in [3.63, 3.8) is 0 Å². The summed E-state index contributed by atoms with van der Waals surface area (Å²) < 4.78 is 0.722. The van der Waals surface area contributed by atoms with Crippen LogP contribution in [0.2, 0.25) is 5.02 Å². The fourth-order valence-electron chi connectivity index (χ4n) is 2.24. The smallest absolute Gasteiger partial charge is 0.242 e. The van der Waals surface area contributed by atoms with Crippen molar-refractivity contribution in [3.05, 3.63) is 64.7 Å². The average molecular weight is 405 g/mol. The van der Waals surface area contributed by atoms with Crippen LogP contribution >= 0.6 is 34.7 Å². The Balaban J connectivity index is 1.84. The van der Waals surface area contributed by atoms with Crippen molar-refractivity contribution in [1.29, 1.82) is 0 Å². The van der Waals surface area contributed by atoms with Crippen LogP contribution in [0.3, 0.4) is 0 Å². The van der Waals surface area contributed by atoms with Crippen molar-refractivity contribution in [1.82, 2.24) is 10.2 Å². The number of aryl methyl sites for hydroxylation is 1. The van der Waals surface area contributed by atoms with Gasteiger partial charge >= 0.3 is 0 Å². The number of carbonyl (C=O) groups is 1. The molecule has 0 spiro atoms. The number of nitrogens with zero attached hydrogens (tertiary/aromatic N) is 2. The molecule has 2 N–H and O–H groups in total. The summed E-state index contributed by atoms with van der Waals surface area (Å²) >= 11 is 8.95. The number of hydrogen-bond acceptors (Lipinski definition) is 6. The molecule has 0 bridgehead atoms. The van der Waals surface area contributed by atoms with Crippen molar-refractivity contribution >= 4 is 51.4 Å². The van der Waals surface area contributed by atoms with Gasteiger partial charge in [0.05, 0.1) is 0 Å². The van der Waals surface area contributed by atoms with E-state index in [9.17, 15) is 4.79 Å². The number of hydrogen-bond donors (Lipinski definition) is 2. The lowest BCUT2D eigenvalue weighted by Crippen LogP contribution is -2.19. The van der Waals surface area contributed by atoms with E-state index in [4.69, 9.17) is 11.6 Å². The van der Waals surface area contributed by atoms with E-state index in [1.807, 2.05) is 49.4 Å². The van der Waals surface area contributed by atoms with Crippen molar-refractivity contribution in [2.75, 3.05) is 17.7 Å². The van der Waals surface area contributed by atoms with Gasteiger partial charge in [0.15, 0.2) is 4.34 Å². The van der Waals surface area contributed by atoms with E-state index in [0.717, 1.165) is 15.5 Å². The SMILES string of the molecule is CNc1nnc(S[C@H](C(=O)Nc2ccc(C)c(Cl)c2)c2ccccc2)s1. The first-order valence-corrected chi connectivity index (χ1v) is 9.94. The zero-order valence-corrected chi connectivity index (χ0v) is 16.6. The van der Waals surface area contributed by atoms with Gasteiger partial charge in [-0.3, -0.25) is 4.79 Å². The zero-order valence-electron chi connectivity index (χ0n) is 14.2. The van der Waals surface area contributed by atoms with Crippen LogP contribution in [0.15, 0.2) is 52.9 Å². The van der Waals surface area contributed by atoms with Gasteiger partial charge in [-0.2, -0.15) is 0 Å². The first-order chi connectivity index (χ1) is 12.6. The molecule has 0 saturated carbocycles. The van der Waals surface area contributed by atoms with Gasteiger partial charge in [0.25, 0.3) is 0 Å². The van der Waals surface area contributed by atoms with Gasteiger partial charge in [0, 0.05) is 17.8 Å². The molecule has 3 rings (SSSR count). The van der Waals surface area contributed by atoms with Crippen molar-refractivity contribution in [2.24, 2.45) is 0 Å². The molecule has 1 amide bonds. The Hall–Kier alpha value is -2.09.